The summed E-state index contributed by atoms with van der Waals surface area (Å²) in [6.45, 7) is 6.86. The summed E-state index contributed by atoms with van der Waals surface area (Å²) in [5, 5.41) is 21.8. The average Bonchev–Trinajstić information content (AvgIpc) is 2.67. The van der Waals surface area contributed by atoms with Crippen LogP contribution in [-0.4, -0.2) is 50.4 Å². The molecule has 27 heavy (non-hydrogen) atoms. The fraction of sp³-hybridized carbons (Fsp3) is 0.450. The second-order valence-corrected chi connectivity index (χ2v) is 6.72. The van der Waals surface area contributed by atoms with E-state index in [1.165, 1.54) is 4.57 Å². The Labute approximate surface area is 159 Å². The maximum Gasteiger partial charge on any atom is 0.296 e. The number of likely N-dealkylation sites (N-methyl/N-ethyl adjacent to an activating group) is 1. The van der Waals surface area contributed by atoms with Gasteiger partial charge in [-0.1, -0.05) is 12.8 Å². The number of aromatic nitrogens is 3. The number of nitrogens with one attached hydrogen (secondary N) is 1. The van der Waals surface area contributed by atoms with E-state index in [-0.39, 0.29) is 23.2 Å². The summed E-state index contributed by atoms with van der Waals surface area (Å²) in [4.78, 5) is 15.1. The van der Waals surface area contributed by atoms with Crippen LogP contribution in [-0.2, 0) is 7.05 Å². The maximum absolute atomic E-state index is 12.7. The molecule has 2 N–H and O–H groups in total. The van der Waals surface area contributed by atoms with E-state index in [1.807, 2.05) is 0 Å². The van der Waals surface area contributed by atoms with Crippen molar-refractivity contribution >= 4 is 5.82 Å². The van der Waals surface area contributed by atoms with Gasteiger partial charge in [-0.05, 0) is 51.1 Å². The zero-order chi connectivity index (χ0) is 19.4. The third kappa shape index (κ3) is 4.12. The number of benzene rings is 1. The van der Waals surface area contributed by atoms with E-state index >= 15 is 0 Å². The first kappa shape index (κ1) is 18.9. The quantitative estimate of drug-likeness (QED) is 0.802. The lowest BCUT2D eigenvalue weighted by molar-refractivity contribution is 0.226. The molecule has 0 amide bonds. The van der Waals surface area contributed by atoms with Crippen molar-refractivity contribution < 1.29 is 5.11 Å². The van der Waals surface area contributed by atoms with E-state index in [4.69, 9.17) is 0 Å². The first-order chi connectivity index (χ1) is 13.0. The SMILES string of the molecule is CC#Cc1ccc(-c2nnc(N[C@@H]3CCCN(CC)C3)c(=O)n2C)c(O)c1. The molecule has 1 saturated heterocycles. The largest absolute Gasteiger partial charge is 0.507 e. The predicted octanol–water partition coefficient (Wildman–Crippen LogP) is 1.82. The number of likely N-dealkylation sites (tertiary alicyclic amines) is 1. The highest BCUT2D eigenvalue weighted by Gasteiger charge is 2.21. The van der Waals surface area contributed by atoms with E-state index in [0.717, 1.165) is 32.5 Å². The summed E-state index contributed by atoms with van der Waals surface area (Å²) < 4.78 is 1.41. The second kappa shape index (κ2) is 8.23. The van der Waals surface area contributed by atoms with Crippen molar-refractivity contribution in [2.24, 2.45) is 7.05 Å². The number of phenolic OH excluding ortho intramolecular Hbond substituents is 1. The van der Waals surface area contributed by atoms with E-state index in [0.29, 0.717) is 17.0 Å². The third-order valence-corrected chi connectivity index (χ3v) is 4.87. The average molecular weight is 367 g/mol. The lowest BCUT2D eigenvalue weighted by atomic mass is 10.1. The lowest BCUT2D eigenvalue weighted by Gasteiger charge is -2.32. The van der Waals surface area contributed by atoms with Crippen molar-refractivity contribution in [2.45, 2.75) is 32.7 Å². The van der Waals surface area contributed by atoms with E-state index in [9.17, 15) is 9.90 Å². The zero-order valence-corrected chi connectivity index (χ0v) is 16.0. The van der Waals surface area contributed by atoms with Crippen LogP contribution < -0.4 is 10.9 Å². The predicted molar refractivity (Wildman–Crippen MR) is 106 cm³/mol. The molecule has 3 rings (SSSR count). The molecule has 142 valence electrons. The fourth-order valence-corrected chi connectivity index (χ4v) is 3.38. The molecule has 0 spiro atoms. The Morgan fingerprint density at radius 1 is 1.37 bits per heavy atom. The minimum atomic E-state index is -0.259. The minimum absolute atomic E-state index is 0.0196. The molecular formula is C20H25N5O2. The van der Waals surface area contributed by atoms with Crippen LogP contribution in [0.2, 0.25) is 0 Å². The topological polar surface area (TPSA) is 83.3 Å². The molecule has 1 aromatic carbocycles. The molecule has 1 fully saturated rings. The van der Waals surface area contributed by atoms with Crippen molar-refractivity contribution in [2.75, 3.05) is 25.0 Å². The van der Waals surface area contributed by atoms with Gasteiger partial charge >= 0.3 is 0 Å². The van der Waals surface area contributed by atoms with Crippen molar-refractivity contribution in [3.8, 4) is 29.0 Å². The molecule has 1 atom stereocenters. The fourth-order valence-electron chi connectivity index (χ4n) is 3.38. The molecule has 7 nitrogen and oxygen atoms in total. The third-order valence-electron chi connectivity index (χ3n) is 4.87. The van der Waals surface area contributed by atoms with Gasteiger partial charge in [-0.25, -0.2) is 0 Å². The molecule has 0 unspecified atom stereocenters. The van der Waals surface area contributed by atoms with Crippen LogP contribution in [0, 0.1) is 11.8 Å². The number of rotatable bonds is 4. The Balaban J connectivity index is 1.87. The number of phenols is 1. The summed E-state index contributed by atoms with van der Waals surface area (Å²) in [6.07, 6.45) is 2.10. The molecular weight excluding hydrogens is 342 g/mol. The molecule has 0 bridgehead atoms. The summed E-state index contributed by atoms with van der Waals surface area (Å²) in [5.41, 5.74) is 0.892. The van der Waals surface area contributed by atoms with Crippen molar-refractivity contribution in [1.82, 2.24) is 19.7 Å². The first-order valence-corrected chi connectivity index (χ1v) is 9.22. The molecule has 2 aromatic rings. The molecule has 2 heterocycles. The van der Waals surface area contributed by atoms with Crippen LogP contribution in [0.15, 0.2) is 23.0 Å². The lowest BCUT2D eigenvalue weighted by Crippen LogP contribution is -2.43. The molecule has 1 aromatic heterocycles. The Bertz CT molecular complexity index is 942. The normalized spacial score (nSPS) is 17.2. The van der Waals surface area contributed by atoms with E-state index in [2.05, 4.69) is 39.2 Å². The number of aromatic hydroxyl groups is 1. The maximum atomic E-state index is 12.7. The smallest absolute Gasteiger partial charge is 0.296 e. The Morgan fingerprint density at radius 3 is 2.89 bits per heavy atom. The minimum Gasteiger partial charge on any atom is -0.507 e. The molecule has 7 heteroatoms. The Morgan fingerprint density at radius 2 is 2.19 bits per heavy atom. The standard InChI is InChI=1S/C20H25N5O2/c1-4-7-14-9-10-16(17(26)12-14)19-23-22-18(20(27)24(19)3)21-15-8-6-11-25(5-2)13-15/h9-10,12,15,26H,5-6,8,11,13H2,1-3H3,(H,21,22)/t15-/m1/s1. The van der Waals surface area contributed by atoms with Gasteiger partial charge in [0.15, 0.2) is 5.82 Å². The monoisotopic (exact) mass is 367 g/mol. The van der Waals surface area contributed by atoms with Gasteiger partial charge in [0.1, 0.15) is 5.75 Å². The van der Waals surface area contributed by atoms with Crippen molar-refractivity contribution in [1.29, 1.82) is 0 Å². The van der Waals surface area contributed by atoms with Crippen LogP contribution >= 0.6 is 0 Å². The molecule has 0 saturated carbocycles. The highest BCUT2D eigenvalue weighted by molar-refractivity contribution is 5.66. The summed E-state index contributed by atoms with van der Waals surface area (Å²) in [6, 6.07) is 5.23. The Kier molecular flexibility index (Phi) is 5.77. The van der Waals surface area contributed by atoms with Crippen molar-refractivity contribution in [3.05, 3.63) is 34.1 Å². The first-order valence-electron chi connectivity index (χ1n) is 9.22. The zero-order valence-electron chi connectivity index (χ0n) is 16.0. The van der Waals surface area contributed by atoms with Crippen LogP contribution in [0.3, 0.4) is 0 Å². The number of hydrogen-bond donors (Lipinski definition) is 2. The second-order valence-electron chi connectivity index (χ2n) is 6.72. The van der Waals surface area contributed by atoms with E-state index < -0.39 is 0 Å². The molecule has 0 aliphatic carbocycles. The van der Waals surface area contributed by atoms with Crippen LogP contribution in [0.1, 0.15) is 32.3 Å². The van der Waals surface area contributed by atoms with Gasteiger partial charge < -0.3 is 15.3 Å². The van der Waals surface area contributed by atoms with Crippen LogP contribution in [0.4, 0.5) is 5.82 Å². The van der Waals surface area contributed by atoms with Gasteiger partial charge in [0.05, 0.1) is 5.56 Å². The summed E-state index contributed by atoms with van der Waals surface area (Å²) in [7, 11) is 1.63. The van der Waals surface area contributed by atoms with Gasteiger partial charge in [-0.3, -0.25) is 9.36 Å². The van der Waals surface area contributed by atoms with Crippen molar-refractivity contribution in [3.63, 3.8) is 0 Å². The van der Waals surface area contributed by atoms with Gasteiger partial charge in [-0.2, -0.15) is 0 Å². The molecule has 0 radical (unpaired) electrons. The van der Waals surface area contributed by atoms with Crippen LogP contribution in [0.5, 0.6) is 5.75 Å². The van der Waals surface area contributed by atoms with Gasteiger partial charge in [0, 0.05) is 25.2 Å². The van der Waals surface area contributed by atoms with Gasteiger partial charge in [0.2, 0.25) is 5.82 Å². The van der Waals surface area contributed by atoms with Gasteiger partial charge in [0.25, 0.3) is 5.56 Å². The van der Waals surface area contributed by atoms with Crippen LogP contribution in [0.25, 0.3) is 11.4 Å². The highest BCUT2D eigenvalue weighted by atomic mass is 16.3. The highest BCUT2D eigenvalue weighted by Crippen LogP contribution is 2.27. The number of piperidine rings is 1. The summed E-state index contributed by atoms with van der Waals surface area (Å²) >= 11 is 0. The Hall–Kier alpha value is -2.85. The number of nitrogens with zero attached hydrogens (tertiary/aromatic N) is 4. The molecule has 1 aliphatic heterocycles. The number of anilines is 1. The van der Waals surface area contributed by atoms with E-state index in [1.54, 1.807) is 32.2 Å². The van der Waals surface area contributed by atoms with Gasteiger partial charge in [-0.15, -0.1) is 16.1 Å². The summed E-state index contributed by atoms with van der Waals surface area (Å²) in [5.74, 6) is 6.26. The molecule has 1 aliphatic rings. The number of hydrogen-bond acceptors (Lipinski definition) is 6.